The van der Waals surface area contributed by atoms with E-state index in [-0.39, 0.29) is 5.41 Å². The van der Waals surface area contributed by atoms with Crippen LogP contribution in [0.1, 0.15) is 32.2 Å². The average molecular weight is 450 g/mol. The summed E-state index contributed by atoms with van der Waals surface area (Å²) in [6.45, 7) is 8.44. The zero-order valence-electron chi connectivity index (χ0n) is 20.0. The lowest BCUT2D eigenvalue weighted by Gasteiger charge is -2.18. The predicted molar refractivity (Wildman–Crippen MR) is 139 cm³/mol. The Labute approximate surface area is 198 Å². The van der Waals surface area contributed by atoms with Gasteiger partial charge in [-0.25, -0.2) is 24.9 Å². The number of aromatic nitrogens is 5. The fourth-order valence-corrected chi connectivity index (χ4v) is 4.07. The molecule has 0 spiro atoms. The Bertz CT molecular complexity index is 1520. The van der Waals surface area contributed by atoms with Crippen LogP contribution in [0.3, 0.4) is 0 Å². The van der Waals surface area contributed by atoms with E-state index in [0.717, 1.165) is 44.7 Å². The molecule has 34 heavy (non-hydrogen) atoms. The molecule has 170 valence electrons. The van der Waals surface area contributed by atoms with Gasteiger partial charge in [0.05, 0.1) is 5.52 Å². The van der Waals surface area contributed by atoms with E-state index in [2.05, 4.69) is 88.6 Å². The van der Waals surface area contributed by atoms with E-state index in [4.69, 9.17) is 4.98 Å². The van der Waals surface area contributed by atoms with Crippen LogP contribution in [-0.4, -0.2) is 32.0 Å². The van der Waals surface area contributed by atoms with Crippen LogP contribution in [0.2, 0.25) is 0 Å². The van der Waals surface area contributed by atoms with Crippen molar-refractivity contribution in [2.75, 3.05) is 17.7 Å². The van der Waals surface area contributed by atoms with Crippen molar-refractivity contribution >= 4 is 39.3 Å². The average Bonchev–Trinajstić information content (AvgIpc) is 2.83. The van der Waals surface area contributed by atoms with Crippen LogP contribution in [-0.2, 0) is 5.41 Å². The molecule has 3 aromatic heterocycles. The predicted octanol–water partition coefficient (Wildman–Crippen LogP) is 6.03. The van der Waals surface area contributed by atoms with Crippen LogP contribution in [0.5, 0.6) is 0 Å². The van der Waals surface area contributed by atoms with Crippen molar-refractivity contribution in [3.05, 3.63) is 72.4 Å². The minimum absolute atomic E-state index is 0.137. The molecule has 0 saturated carbocycles. The highest BCUT2D eigenvalue weighted by atomic mass is 15.1. The number of anilines is 3. The summed E-state index contributed by atoms with van der Waals surface area (Å²) in [5, 5.41) is 9.55. The summed E-state index contributed by atoms with van der Waals surface area (Å²) >= 11 is 0. The van der Waals surface area contributed by atoms with Gasteiger partial charge in [-0.05, 0) is 53.3 Å². The van der Waals surface area contributed by atoms with Crippen LogP contribution in [0, 0.1) is 6.92 Å². The van der Waals surface area contributed by atoms with Crippen molar-refractivity contribution in [1.82, 2.24) is 24.9 Å². The molecule has 0 aliphatic carbocycles. The second-order valence-electron chi connectivity index (χ2n) is 9.37. The van der Waals surface area contributed by atoms with E-state index in [9.17, 15) is 0 Å². The van der Waals surface area contributed by atoms with Gasteiger partial charge in [-0.2, -0.15) is 0 Å². The number of aryl methyl sites for hydroxylation is 1. The molecule has 0 fully saturated rings. The fourth-order valence-electron chi connectivity index (χ4n) is 4.07. The van der Waals surface area contributed by atoms with Gasteiger partial charge in [-0.15, -0.1) is 0 Å². The Morgan fingerprint density at radius 2 is 1.65 bits per heavy atom. The molecular formula is C27H27N7. The topological polar surface area (TPSA) is 88.5 Å². The Hall–Kier alpha value is -4.13. The van der Waals surface area contributed by atoms with E-state index in [1.165, 1.54) is 11.1 Å². The summed E-state index contributed by atoms with van der Waals surface area (Å²) in [6.07, 6.45) is 5.48. The van der Waals surface area contributed by atoms with E-state index < -0.39 is 0 Å². The van der Waals surface area contributed by atoms with Gasteiger partial charge in [-0.1, -0.05) is 39.0 Å². The molecule has 0 atom stereocenters. The zero-order valence-corrected chi connectivity index (χ0v) is 20.0. The van der Waals surface area contributed by atoms with Gasteiger partial charge in [0, 0.05) is 41.8 Å². The highest BCUT2D eigenvalue weighted by molar-refractivity contribution is 6.04. The molecule has 0 radical (unpaired) electrons. The van der Waals surface area contributed by atoms with Crippen molar-refractivity contribution in [3.63, 3.8) is 0 Å². The summed E-state index contributed by atoms with van der Waals surface area (Å²) in [6, 6.07) is 14.5. The highest BCUT2D eigenvalue weighted by Gasteiger charge is 2.18. The largest absolute Gasteiger partial charge is 0.357 e. The number of hydrogen-bond donors (Lipinski definition) is 2. The third-order valence-electron chi connectivity index (χ3n) is 5.82. The molecule has 5 aromatic rings. The summed E-state index contributed by atoms with van der Waals surface area (Å²) in [5.41, 5.74) is 4.24. The highest BCUT2D eigenvalue weighted by Crippen LogP contribution is 2.36. The van der Waals surface area contributed by atoms with E-state index >= 15 is 0 Å². The molecule has 5 rings (SSSR count). The molecule has 3 heterocycles. The second-order valence-corrected chi connectivity index (χ2v) is 9.37. The maximum atomic E-state index is 4.71. The first-order valence-corrected chi connectivity index (χ1v) is 11.3. The Kier molecular flexibility index (Phi) is 5.32. The zero-order chi connectivity index (χ0) is 23.9. The summed E-state index contributed by atoms with van der Waals surface area (Å²) in [5.74, 6) is 2.89. The number of benzene rings is 2. The standard InChI is InChI=1S/C27H27N7/c1-16-6-8-20-19(23(16)17-7-9-21-18(14-17)15-31-26(28-5)32-21)10-12-29-24(20)33-22-11-13-30-25(34-22)27(2,3)4/h6-15H,1-5H3,(H,28,31,32)(H,29,30,33,34). The molecule has 0 saturated heterocycles. The SMILES string of the molecule is CNc1ncc2cc(-c3c(C)ccc4c(Nc5ccnc(C(C)(C)C)n5)nccc34)ccc2n1. The smallest absolute Gasteiger partial charge is 0.222 e. The van der Waals surface area contributed by atoms with Crippen molar-refractivity contribution < 1.29 is 0 Å². The van der Waals surface area contributed by atoms with Gasteiger partial charge in [0.1, 0.15) is 17.5 Å². The van der Waals surface area contributed by atoms with E-state index in [1.54, 1.807) is 6.20 Å². The number of rotatable bonds is 4. The molecule has 2 N–H and O–H groups in total. The minimum atomic E-state index is -0.137. The van der Waals surface area contributed by atoms with Gasteiger partial charge in [0.25, 0.3) is 0 Å². The number of nitrogens with one attached hydrogen (secondary N) is 2. The number of fused-ring (bicyclic) bond motifs is 2. The quantitative estimate of drug-likeness (QED) is 0.346. The van der Waals surface area contributed by atoms with Crippen LogP contribution in [0.15, 0.2) is 61.1 Å². The lowest BCUT2D eigenvalue weighted by atomic mass is 9.94. The Morgan fingerprint density at radius 1 is 0.824 bits per heavy atom. The number of hydrogen-bond acceptors (Lipinski definition) is 7. The first-order chi connectivity index (χ1) is 16.3. The van der Waals surface area contributed by atoms with Gasteiger partial charge >= 0.3 is 0 Å². The summed E-state index contributed by atoms with van der Waals surface area (Å²) in [7, 11) is 1.82. The first kappa shape index (κ1) is 21.7. The lowest BCUT2D eigenvalue weighted by molar-refractivity contribution is 0.546. The third-order valence-corrected chi connectivity index (χ3v) is 5.82. The molecule has 0 aliphatic rings. The van der Waals surface area contributed by atoms with Gasteiger partial charge in [-0.3, -0.25) is 0 Å². The monoisotopic (exact) mass is 449 g/mol. The van der Waals surface area contributed by atoms with E-state index in [0.29, 0.717) is 5.95 Å². The Morgan fingerprint density at radius 3 is 2.44 bits per heavy atom. The maximum absolute atomic E-state index is 4.71. The molecule has 0 amide bonds. The molecule has 2 aromatic carbocycles. The van der Waals surface area contributed by atoms with Gasteiger partial charge < -0.3 is 10.6 Å². The van der Waals surface area contributed by atoms with Crippen molar-refractivity contribution in [3.8, 4) is 11.1 Å². The summed E-state index contributed by atoms with van der Waals surface area (Å²) < 4.78 is 0. The van der Waals surface area contributed by atoms with Crippen molar-refractivity contribution in [2.45, 2.75) is 33.1 Å². The normalized spacial score (nSPS) is 11.7. The second kappa shape index (κ2) is 8.33. The molecular weight excluding hydrogens is 422 g/mol. The summed E-state index contributed by atoms with van der Waals surface area (Å²) in [4.78, 5) is 22.7. The molecule has 0 bridgehead atoms. The molecule has 0 unspecified atom stereocenters. The van der Waals surface area contributed by atoms with Crippen LogP contribution in [0.25, 0.3) is 32.8 Å². The minimum Gasteiger partial charge on any atom is -0.357 e. The first-order valence-electron chi connectivity index (χ1n) is 11.3. The van der Waals surface area contributed by atoms with Crippen molar-refractivity contribution in [2.24, 2.45) is 0 Å². The molecule has 7 nitrogen and oxygen atoms in total. The lowest BCUT2D eigenvalue weighted by Crippen LogP contribution is -2.16. The van der Waals surface area contributed by atoms with Crippen molar-refractivity contribution in [1.29, 1.82) is 0 Å². The van der Waals surface area contributed by atoms with Crippen LogP contribution in [0.4, 0.5) is 17.6 Å². The molecule has 0 aliphatic heterocycles. The van der Waals surface area contributed by atoms with E-state index in [1.807, 2.05) is 31.6 Å². The maximum Gasteiger partial charge on any atom is 0.222 e. The number of pyridine rings is 1. The van der Waals surface area contributed by atoms with Crippen LogP contribution < -0.4 is 10.6 Å². The van der Waals surface area contributed by atoms with Crippen LogP contribution >= 0.6 is 0 Å². The van der Waals surface area contributed by atoms with Gasteiger partial charge in [0.15, 0.2) is 0 Å². The third kappa shape index (κ3) is 4.01. The van der Waals surface area contributed by atoms with Gasteiger partial charge in [0.2, 0.25) is 5.95 Å². The Balaban J connectivity index is 1.61. The molecule has 7 heteroatoms. The fraction of sp³-hybridized carbons (Fsp3) is 0.222. The number of nitrogens with zero attached hydrogens (tertiary/aromatic N) is 5.